The number of hydrogen-bond donors (Lipinski definition) is 3. The highest BCUT2D eigenvalue weighted by Gasteiger charge is 2.38. The van der Waals surface area contributed by atoms with Crippen molar-refractivity contribution >= 4 is 17.9 Å². The molecule has 4 rings (SSSR count). The number of carbonyl (C=O) groups is 1. The molecule has 0 heterocycles. The predicted molar refractivity (Wildman–Crippen MR) is 199 cm³/mol. The highest BCUT2D eigenvalue weighted by molar-refractivity contribution is 8.00. The highest BCUT2D eigenvalue weighted by Crippen LogP contribution is 2.48. The van der Waals surface area contributed by atoms with Crippen molar-refractivity contribution in [2.75, 3.05) is 25.4 Å². The number of alkyl carbamates (subject to hydrolysis) is 1. The largest absolute Gasteiger partial charge is 0.444 e. The first-order valence-corrected chi connectivity index (χ1v) is 18.0. The Labute approximate surface area is 287 Å². The SMILES string of the molecule is CCC(C)[C@@H](CNCCc1ccccc1)NC[C@H](CSC(c1ccccc1)(c1ccccc1)c1ccccc1)NC(=O)OC(C)(C)C. The average molecular weight is 652 g/mol. The monoisotopic (exact) mass is 651 g/mol. The first kappa shape index (κ1) is 36.3. The Kier molecular flexibility index (Phi) is 14.0. The van der Waals surface area contributed by atoms with E-state index in [0.717, 1.165) is 25.9 Å². The molecule has 0 aliphatic heterocycles. The molecule has 3 N–H and O–H groups in total. The second-order valence-corrected chi connectivity index (χ2v) is 14.5. The summed E-state index contributed by atoms with van der Waals surface area (Å²) in [6.45, 7) is 12.6. The summed E-state index contributed by atoms with van der Waals surface area (Å²) in [5.74, 6) is 1.13. The summed E-state index contributed by atoms with van der Waals surface area (Å²) in [7, 11) is 0. The average Bonchev–Trinajstić information content (AvgIpc) is 3.08. The molecule has 4 aromatic rings. The van der Waals surface area contributed by atoms with Crippen LogP contribution in [-0.2, 0) is 15.9 Å². The highest BCUT2D eigenvalue weighted by atomic mass is 32.2. The van der Waals surface area contributed by atoms with Gasteiger partial charge in [0.2, 0.25) is 0 Å². The van der Waals surface area contributed by atoms with Gasteiger partial charge >= 0.3 is 6.09 Å². The fourth-order valence-corrected chi connectivity index (χ4v) is 7.37. The van der Waals surface area contributed by atoms with Crippen LogP contribution < -0.4 is 16.0 Å². The molecule has 6 heteroatoms. The lowest BCUT2D eigenvalue weighted by atomic mass is 9.84. The minimum Gasteiger partial charge on any atom is -0.444 e. The third-order valence-electron chi connectivity index (χ3n) is 8.52. The van der Waals surface area contributed by atoms with E-state index in [2.05, 4.69) is 151 Å². The molecule has 47 heavy (non-hydrogen) atoms. The number of nitrogens with one attached hydrogen (secondary N) is 3. The van der Waals surface area contributed by atoms with Gasteiger partial charge in [-0.15, -0.1) is 11.8 Å². The molecule has 0 spiro atoms. The summed E-state index contributed by atoms with van der Waals surface area (Å²) >= 11 is 1.86. The van der Waals surface area contributed by atoms with Crippen LogP contribution >= 0.6 is 11.8 Å². The zero-order valence-electron chi connectivity index (χ0n) is 28.7. The number of thioether (sulfide) groups is 1. The van der Waals surface area contributed by atoms with Gasteiger partial charge in [-0.25, -0.2) is 4.79 Å². The van der Waals surface area contributed by atoms with Crippen molar-refractivity contribution in [3.63, 3.8) is 0 Å². The standard InChI is InChI=1S/C41H53N3O2S/c1-6-32(2)38(30-42-28-27-33-19-11-7-12-20-33)43-29-37(44-39(45)46-40(3,4)5)31-47-41(34-21-13-8-14-22-34,35-23-15-9-16-24-35)36-25-17-10-18-26-36/h7-26,32,37-38,42-43H,6,27-31H2,1-5H3,(H,44,45)/t32?,37-,38-/m1/s1. The lowest BCUT2D eigenvalue weighted by Crippen LogP contribution is -2.51. The molecule has 5 nitrogen and oxygen atoms in total. The van der Waals surface area contributed by atoms with Crippen molar-refractivity contribution in [2.24, 2.45) is 5.92 Å². The maximum Gasteiger partial charge on any atom is 0.407 e. The van der Waals surface area contributed by atoms with Crippen LogP contribution in [0.3, 0.4) is 0 Å². The number of hydrogen-bond acceptors (Lipinski definition) is 5. The van der Waals surface area contributed by atoms with Gasteiger partial charge in [-0.2, -0.15) is 0 Å². The third-order valence-corrected chi connectivity index (χ3v) is 10.2. The summed E-state index contributed by atoms with van der Waals surface area (Å²) in [5.41, 5.74) is 4.36. The summed E-state index contributed by atoms with van der Waals surface area (Å²) in [6, 6.07) is 42.8. The van der Waals surface area contributed by atoms with Crippen molar-refractivity contribution in [3.05, 3.63) is 144 Å². The van der Waals surface area contributed by atoms with E-state index in [1.807, 2.05) is 32.5 Å². The second kappa shape index (κ2) is 18.1. The zero-order chi connectivity index (χ0) is 33.5. The number of carbonyl (C=O) groups excluding carboxylic acids is 1. The molecule has 3 atom stereocenters. The Hall–Kier alpha value is -3.58. The van der Waals surface area contributed by atoms with Crippen LogP contribution in [0, 0.1) is 5.92 Å². The Balaban J connectivity index is 1.57. The molecular weight excluding hydrogens is 599 g/mol. The van der Waals surface area contributed by atoms with Crippen LogP contribution in [0.25, 0.3) is 0 Å². The summed E-state index contributed by atoms with van der Waals surface area (Å²) in [5, 5.41) is 10.8. The molecule has 0 saturated carbocycles. The van der Waals surface area contributed by atoms with Crippen molar-refractivity contribution in [3.8, 4) is 0 Å². The summed E-state index contributed by atoms with van der Waals surface area (Å²) in [4.78, 5) is 13.2. The molecule has 0 aliphatic rings. The first-order chi connectivity index (χ1) is 22.7. The van der Waals surface area contributed by atoms with Crippen LogP contribution in [0.15, 0.2) is 121 Å². The van der Waals surface area contributed by atoms with E-state index in [1.54, 1.807) is 0 Å². The van der Waals surface area contributed by atoms with Crippen LogP contribution in [0.4, 0.5) is 4.79 Å². The first-order valence-electron chi connectivity index (χ1n) is 17.0. The molecule has 4 aromatic carbocycles. The van der Waals surface area contributed by atoms with E-state index < -0.39 is 16.4 Å². The lowest BCUT2D eigenvalue weighted by Gasteiger charge is -2.37. The van der Waals surface area contributed by atoms with Crippen molar-refractivity contribution in [1.82, 2.24) is 16.0 Å². The van der Waals surface area contributed by atoms with Crippen molar-refractivity contribution in [1.29, 1.82) is 0 Å². The zero-order valence-corrected chi connectivity index (χ0v) is 29.6. The van der Waals surface area contributed by atoms with Crippen LogP contribution in [0.5, 0.6) is 0 Å². The Morgan fingerprint density at radius 3 is 1.70 bits per heavy atom. The maximum atomic E-state index is 13.2. The fourth-order valence-electron chi connectivity index (χ4n) is 5.81. The van der Waals surface area contributed by atoms with Gasteiger partial charge in [0.05, 0.1) is 10.8 Å². The predicted octanol–water partition coefficient (Wildman–Crippen LogP) is 8.44. The Morgan fingerprint density at radius 2 is 1.23 bits per heavy atom. The summed E-state index contributed by atoms with van der Waals surface area (Å²) < 4.78 is 5.27. The van der Waals surface area contributed by atoms with Gasteiger partial charge in [-0.1, -0.05) is 142 Å². The van der Waals surface area contributed by atoms with E-state index in [0.29, 0.717) is 18.2 Å². The molecule has 0 fully saturated rings. The minimum absolute atomic E-state index is 0.179. The van der Waals surface area contributed by atoms with Crippen molar-refractivity contribution in [2.45, 2.75) is 69.9 Å². The molecule has 0 radical (unpaired) electrons. The van der Waals surface area contributed by atoms with Gasteiger partial charge in [-0.3, -0.25) is 0 Å². The smallest absolute Gasteiger partial charge is 0.407 e. The van der Waals surface area contributed by atoms with Crippen molar-refractivity contribution < 1.29 is 9.53 Å². The quantitative estimate of drug-likeness (QED) is 0.0790. The molecule has 250 valence electrons. The van der Waals surface area contributed by atoms with Crippen LogP contribution in [0.2, 0.25) is 0 Å². The van der Waals surface area contributed by atoms with E-state index >= 15 is 0 Å². The van der Waals surface area contributed by atoms with Crippen LogP contribution in [0.1, 0.15) is 63.3 Å². The minimum atomic E-state index is -0.584. The van der Waals surface area contributed by atoms with Gasteiger partial charge in [0.25, 0.3) is 0 Å². The summed E-state index contributed by atoms with van der Waals surface area (Å²) in [6.07, 6.45) is 1.67. The second-order valence-electron chi connectivity index (χ2n) is 13.3. The molecular formula is C41H53N3O2S. The third kappa shape index (κ3) is 11.0. The van der Waals surface area contributed by atoms with E-state index in [-0.39, 0.29) is 12.1 Å². The van der Waals surface area contributed by atoms with Gasteiger partial charge in [0, 0.05) is 24.9 Å². The van der Waals surface area contributed by atoms with Gasteiger partial charge in [0.1, 0.15) is 5.60 Å². The maximum absolute atomic E-state index is 13.2. The van der Waals surface area contributed by atoms with Crippen LogP contribution in [-0.4, -0.2) is 49.2 Å². The lowest BCUT2D eigenvalue weighted by molar-refractivity contribution is 0.0508. The molecule has 1 unspecified atom stereocenters. The number of rotatable bonds is 17. The number of benzene rings is 4. The van der Waals surface area contributed by atoms with Gasteiger partial charge < -0.3 is 20.7 Å². The fraction of sp³-hybridized carbons (Fsp3) is 0.390. The molecule has 1 amide bonds. The Morgan fingerprint density at radius 1 is 0.745 bits per heavy atom. The number of ether oxygens (including phenoxy) is 1. The topological polar surface area (TPSA) is 62.4 Å². The van der Waals surface area contributed by atoms with E-state index in [1.165, 1.54) is 22.3 Å². The number of amides is 1. The Bertz CT molecular complexity index is 1350. The molecule has 0 aliphatic carbocycles. The molecule has 0 bridgehead atoms. The molecule has 0 saturated heterocycles. The normalized spacial score (nSPS) is 13.8. The van der Waals surface area contributed by atoms with E-state index in [9.17, 15) is 4.79 Å². The molecule has 0 aromatic heterocycles. The van der Waals surface area contributed by atoms with Gasteiger partial charge in [0.15, 0.2) is 0 Å². The van der Waals surface area contributed by atoms with E-state index in [4.69, 9.17) is 4.74 Å². The van der Waals surface area contributed by atoms with Gasteiger partial charge in [-0.05, 0) is 61.9 Å².